The van der Waals surface area contributed by atoms with Gasteiger partial charge in [-0.05, 0) is 60.0 Å². The minimum Gasteiger partial charge on any atom is -0.306 e. The van der Waals surface area contributed by atoms with Crippen LogP contribution in [0.3, 0.4) is 0 Å². The van der Waals surface area contributed by atoms with Crippen LogP contribution < -0.4 is 5.32 Å². The van der Waals surface area contributed by atoms with Crippen LogP contribution in [0.5, 0.6) is 0 Å². The van der Waals surface area contributed by atoms with Crippen molar-refractivity contribution in [2.45, 2.75) is 31.8 Å². The van der Waals surface area contributed by atoms with Gasteiger partial charge < -0.3 is 5.32 Å². The van der Waals surface area contributed by atoms with Crippen LogP contribution in [0, 0.1) is 5.82 Å². The zero-order valence-electron chi connectivity index (χ0n) is 10.5. The number of hydrogen-bond acceptors (Lipinski definition) is 2. The highest BCUT2D eigenvalue weighted by Gasteiger charge is 2.20. The van der Waals surface area contributed by atoms with E-state index < -0.39 is 0 Å². The average Bonchev–Trinajstić information content (AvgIpc) is 2.88. The van der Waals surface area contributed by atoms with E-state index in [2.05, 4.69) is 16.8 Å². The maximum Gasteiger partial charge on any atom is 0.123 e. The number of hydrogen-bond donors (Lipinski definition) is 1. The average molecular weight is 296 g/mol. The second kappa shape index (κ2) is 5.61. The molecule has 0 aliphatic heterocycles. The van der Waals surface area contributed by atoms with Crippen molar-refractivity contribution in [2.75, 3.05) is 0 Å². The molecule has 0 spiro atoms. The molecule has 19 heavy (non-hydrogen) atoms. The molecule has 1 aromatic heterocycles. The van der Waals surface area contributed by atoms with E-state index >= 15 is 0 Å². The van der Waals surface area contributed by atoms with Crippen LogP contribution in [0.25, 0.3) is 0 Å². The first kappa shape index (κ1) is 13.1. The number of benzene rings is 1. The Morgan fingerprint density at radius 2 is 2.26 bits per heavy atom. The van der Waals surface area contributed by atoms with E-state index in [-0.39, 0.29) is 5.82 Å². The number of aryl methyl sites for hydroxylation is 1. The van der Waals surface area contributed by atoms with Gasteiger partial charge >= 0.3 is 0 Å². The Morgan fingerprint density at radius 3 is 3.16 bits per heavy atom. The molecule has 1 unspecified atom stereocenters. The molecule has 1 heterocycles. The lowest BCUT2D eigenvalue weighted by atomic mass is 9.94. The quantitative estimate of drug-likeness (QED) is 0.865. The molecule has 0 amide bonds. The van der Waals surface area contributed by atoms with Crippen LogP contribution in [-0.2, 0) is 13.0 Å². The summed E-state index contributed by atoms with van der Waals surface area (Å²) in [5.41, 5.74) is 2.23. The fourth-order valence-corrected chi connectivity index (χ4v) is 3.78. The van der Waals surface area contributed by atoms with Crippen LogP contribution in [0.2, 0.25) is 5.02 Å². The van der Waals surface area contributed by atoms with E-state index in [1.807, 2.05) is 11.3 Å². The van der Waals surface area contributed by atoms with Crippen molar-refractivity contribution in [2.24, 2.45) is 0 Å². The van der Waals surface area contributed by atoms with Gasteiger partial charge in [-0.3, -0.25) is 0 Å². The van der Waals surface area contributed by atoms with Gasteiger partial charge in [-0.1, -0.05) is 11.6 Å². The lowest BCUT2D eigenvalue weighted by molar-refractivity contribution is 0.462. The molecule has 0 radical (unpaired) electrons. The first-order valence-corrected chi connectivity index (χ1v) is 7.73. The number of nitrogens with one attached hydrogen (secondary N) is 1. The smallest absolute Gasteiger partial charge is 0.123 e. The maximum atomic E-state index is 13.2. The molecule has 1 nitrogen and oxygen atoms in total. The Hall–Kier alpha value is -0.900. The van der Waals surface area contributed by atoms with Crippen LogP contribution in [0.4, 0.5) is 4.39 Å². The molecule has 1 aromatic carbocycles. The molecule has 0 fully saturated rings. The molecule has 1 aliphatic rings. The van der Waals surface area contributed by atoms with Crippen LogP contribution in [0.1, 0.15) is 34.9 Å². The van der Waals surface area contributed by atoms with E-state index in [4.69, 9.17) is 11.6 Å². The fourth-order valence-electron chi connectivity index (χ4n) is 2.61. The first-order valence-electron chi connectivity index (χ1n) is 6.47. The van der Waals surface area contributed by atoms with Gasteiger partial charge in [0.2, 0.25) is 0 Å². The lowest BCUT2D eigenvalue weighted by Crippen LogP contribution is -2.24. The highest BCUT2D eigenvalue weighted by atomic mass is 35.5. The zero-order valence-corrected chi connectivity index (χ0v) is 12.0. The molecule has 3 rings (SSSR count). The number of thiophene rings is 1. The molecular formula is C15H15ClFNS. The van der Waals surface area contributed by atoms with Crippen LogP contribution in [0.15, 0.2) is 29.6 Å². The third-order valence-corrected chi connectivity index (χ3v) is 4.96. The van der Waals surface area contributed by atoms with E-state index in [1.165, 1.54) is 35.4 Å². The van der Waals surface area contributed by atoms with Crippen molar-refractivity contribution >= 4 is 22.9 Å². The van der Waals surface area contributed by atoms with Gasteiger partial charge in [-0.15, -0.1) is 11.3 Å². The first-order chi connectivity index (χ1) is 9.24. The summed E-state index contributed by atoms with van der Waals surface area (Å²) in [5.74, 6) is -0.235. The second-order valence-corrected chi connectivity index (χ2v) is 6.27. The predicted molar refractivity (Wildman–Crippen MR) is 78.2 cm³/mol. The van der Waals surface area contributed by atoms with Gasteiger partial charge in [-0.2, -0.15) is 0 Å². The molecule has 0 saturated heterocycles. The Morgan fingerprint density at radius 1 is 1.37 bits per heavy atom. The van der Waals surface area contributed by atoms with Crippen molar-refractivity contribution in [3.05, 3.63) is 56.5 Å². The highest BCUT2D eigenvalue weighted by Crippen LogP contribution is 2.33. The van der Waals surface area contributed by atoms with E-state index in [0.29, 0.717) is 17.6 Å². The molecule has 4 heteroatoms. The van der Waals surface area contributed by atoms with E-state index in [1.54, 1.807) is 6.07 Å². The topological polar surface area (TPSA) is 12.0 Å². The molecular weight excluding hydrogens is 281 g/mol. The summed E-state index contributed by atoms with van der Waals surface area (Å²) in [6.45, 7) is 0.608. The Kier molecular flexibility index (Phi) is 3.87. The largest absolute Gasteiger partial charge is 0.306 e. The third-order valence-electron chi connectivity index (χ3n) is 3.60. The van der Waals surface area contributed by atoms with Crippen molar-refractivity contribution in [3.63, 3.8) is 0 Å². The minimum atomic E-state index is -0.235. The van der Waals surface area contributed by atoms with Gasteiger partial charge in [0.1, 0.15) is 5.82 Å². The monoisotopic (exact) mass is 295 g/mol. The molecule has 100 valence electrons. The molecule has 0 saturated carbocycles. The van der Waals surface area contributed by atoms with E-state index in [9.17, 15) is 4.39 Å². The van der Waals surface area contributed by atoms with Crippen LogP contribution in [-0.4, -0.2) is 0 Å². The molecule has 1 N–H and O–H groups in total. The molecule has 1 atom stereocenters. The summed E-state index contributed by atoms with van der Waals surface area (Å²) in [6, 6.07) is 7.08. The summed E-state index contributed by atoms with van der Waals surface area (Å²) >= 11 is 7.92. The number of halogens is 2. The normalized spacial score (nSPS) is 18.3. The third kappa shape index (κ3) is 2.83. The van der Waals surface area contributed by atoms with Crippen molar-refractivity contribution in [1.29, 1.82) is 0 Å². The van der Waals surface area contributed by atoms with Crippen molar-refractivity contribution < 1.29 is 4.39 Å². The fraction of sp³-hybridized carbons (Fsp3) is 0.333. The summed E-state index contributed by atoms with van der Waals surface area (Å²) in [4.78, 5) is 1.48. The minimum absolute atomic E-state index is 0.235. The SMILES string of the molecule is Fc1ccc(Cl)c(CNC2CCCc3sccc32)c1. The standard InChI is InChI=1S/C15H15ClFNS/c16-13-5-4-11(17)8-10(13)9-18-14-2-1-3-15-12(14)6-7-19-15/h4-8,14,18H,1-3,9H2. The van der Waals surface area contributed by atoms with Crippen molar-refractivity contribution in [1.82, 2.24) is 5.32 Å². The van der Waals surface area contributed by atoms with Crippen LogP contribution >= 0.6 is 22.9 Å². The number of rotatable bonds is 3. The predicted octanol–water partition coefficient (Wildman–Crippen LogP) is 4.71. The summed E-state index contributed by atoms with van der Waals surface area (Å²) in [5, 5.41) is 6.28. The Balaban J connectivity index is 1.72. The molecule has 1 aliphatic carbocycles. The summed E-state index contributed by atoms with van der Waals surface area (Å²) < 4.78 is 13.2. The second-order valence-electron chi connectivity index (χ2n) is 4.86. The Bertz CT molecular complexity index is 581. The highest BCUT2D eigenvalue weighted by molar-refractivity contribution is 7.10. The molecule has 0 bridgehead atoms. The van der Waals surface area contributed by atoms with Gasteiger partial charge in [0, 0.05) is 22.5 Å². The summed E-state index contributed by atoms with van der Waals surface area (Å²) in [6.07, 6.45) is 3.53. The van der Waals surface area contributed by atoms with Crippen molar-refractivity contribution in [3.8, 4) is 0 Å². The van der Waals surface area contributed by atoms with Gasteiger partial charge in [0.05, 0.1) is 0 Å². The summed E-state index contributed by atoms with van der Waals surface area (Å²) in [7, 11) is 0. The Labute approximate surface area is 121 Å². The molecule has 2 aromatic rings. The zero-order chi connectivity index (χ0) is 13.2. The van der Waals surface area contributed by atoms with Gasteiger partial charge in [0.25, 0.3) is 0 Å². The lowest BCUT2D eigenvalue weighted by Gasteiger charge is -2.24. The van der Waals surface area contributed by atoms with E-state index in [0.717, 1.165) is 12.0 Å². The maximum absolute atomic E-state index is 13.2. The number of fused-ring (bicyclic) bond motifs is 1. The van der Waals surface area contributed by atoms with Gasteiger partial charge in [0.15, 0.2) is 0 Å². The van der Waals surface area contributed by atoms with Gasteiger partial charge in [-0.25, -0.2) is 4.39 Å².